The van der Waals surface area contributed by atoms with Gasteiger partial charge in [-0.1, -0.05) is 42.5 Å². The number of aromatic carboxylic acids is 1. The number of halogens is 1. The van der Waals surface area contributed by atoms with Gasteiger partial charge in [0, 0.05) is 9.13 Å². The number of hydrogen-bond donors (Lipinski definition) is 1. The van der Waals surface area contributed by atoms with Gasteiger partial charge in [-0.05, 0) is 70.1 Å². The first-order chi connectivity index (χ1) is 13.6. The van der Waals surface area contributed by atoms with Gasteiger partial charge >= 0.3 is 5.97 Å². The standard InChI is InChI=1S/C23H16INO3/c24-21-11-5-16(6-12-21)15-28-22-4-2-1-3-19(22)13-20(14-25)17-7-9-18(10-8-17)23(26)27/h1-13H,15H2,(H,26,27)/b20-13-. The van der Waals surface area contributed by atoms with Crippen molar-refractivity contribution in [2.75, 3.05) is 0 Å². The molecular formula is C23H16INO3. The van der Waals surface area contributed by atoms with E-state index in [4.69, 9.17) is 9.84 Å². The lowest BCUT2D eigenvalue weighted by molar-refractivity contribution is 0.0697. The molecule has 0 saturated carbocycles. The zero-order valence-electron chi connectivity index (χ0n) is 14.8. The molecule has 0 amide bonds. The maximum atomic E-state index is 11.0. The lowest BCUT2D eigenvalue weighted by Crippen LogP contribution is -1.97. The number of carboxylic acid groups (broad SMARTS) is 1. The minimum atomic E-state index is -0.997. The molecule has 0 aliphatic carbocycles. The van der Waals surface area contributed by atoms with Crippen LogP contribution in [0.1, 0.15) is 27.0 Å². The second kappa shape index (κ2) is 9.20. The summed E-state index contributed by atoms with van der Waals surface area (Å²) in [5.41, 5.74) is 3.11. The van der Waals surface area contributed by atoms with Gasteiger partial charge in [-0.3, -0.25) is 0 Å². The molecular weight excluding hydrogens is 465 g/mol. The van der Waals surface area contributed by atoms with E-state index in [1.54, 1.807) is 18.2 Å². The number of ether oxygens (including phenoxy) is 1. The topological polar surface area (TPSA) is 70.3 Å². The van der Waals surface area contributed by atoms with Crippen molar-refractivity contribution in [1.82, 2.24) is 0 Å². The number of allylic oxidation sites excluding steroid dienone is 1. The Morgan fingerprint density at radius 3 is 2.29 bits per heavy atom. The molecule has 0 atom stereocenters. The van der Waals surface area contributed by atoms with Gasteiger partial charge in [-0.15, -0.1) is 0 Å². The monoisotopic (exact) mass is 481 g/mol. The molecule has 3 aromatic rings. The first-order valence-electron chi connectivity index (χ1n) is 8.48. The molecule has 3 aromatic carbocycles. The van der Waals surface area contributed by atoms with E-state index in [1.807, 2.05) is 48.5 Å². The van der Waals surface area contributed by atoms with Crippen LogP contribution >= 0.6 is 22.6 Å². The SMILES string of the molecule is N#C/C(=C/c1ccccc1OCc1ccc(I)cc1)c1ccc(C(=O)O)cc1. The Kier molecular flexibility index (Phi) is 6.45. The molecule has 1 N–H and O–H groups in total. The normalized spacial score (nSPS) is 10.9. The molecule has 0 heterocycles. The van der Waals surface area contributed by atoms with Gasteiger partial charge in [-0.25, -0.2) is 4.79 Å². The lowest BCUT2D eigenvalue weighted by Gasteiger charge is -2.10. The summed E-state index contributed by atoms with van der Waals surface area (Å²) in [5.74, 6) is -0.320. The van der Waals surface area contributed by atoms with E-state index in [0.29, 0.717) is 23.5 Å². The predicted molar refractivity (Wildman–Crippen MR) is 117 cm³/mol. The van der Waals surface area contributed by atoms with Crippen LogP contribution in [-0.2, 0) is 6.61 Å². The van der Waals surface area contributed by atoms with E-state index in [1.165, 1.54) is 12.1 Å². The van der Waals surface area contributed by atoms with E-state index < -0.39 is 5.97 Å². The summed E-state index contributed by atoms with van der Waals surface area (Å²) in [6.45, 7) is 0.428. The second-order valence-corrected chi connectivity index (χ2v) is 7.25. The van der Waals surface area contributed by atoms with Gasteiger partial charge in [0.25, 0.3) is 0 Å². The van der Waals surface area contributed by atoms with E-state index >= 15 is 0 Å². The largest absolute Gasteiger partial charge is 0.488 e. The van der Waals surface area contributed by atoms with Crippen LogP contribution in [-0.4, -0.2) is 11.1 Å². The van der Waals surface area contributed by atoms with E-state index in [9.17, 15) is 10.1 Å². The fourth-order valence-electron chi connectivity index (χ4n) is 2.60. The molecule has 5 heteroatoms. The maximum Gasteiger partial charge on any atom is 0.335 e. The number of nitriles is 1. The van der Waals surface area contributed by atoms with Crippen molar-refractivity contribution in [2.24, 2.45) is 0 Å². The lowest BCUT2D eigenvalue weighted by atomic mass is 10.0. The summed E-state index contributed by atoms with van der Waals surface area (Å²) in [7, 11) is 0. The van der Waals surface area contributed by atoms with Crippen molar-refractivity contribution in [3.8, 4) is 11.8 Å². The zero-order chi connectivity index (χ0) is 19.9. The average molecular weight is 481 g/mol. The van der Waals surface area contributed by atoms with E-state index in [0.717, 1.165) is 14.7 Å². The summed E-state index contributed by atoms with van der Waals surface area (Å²) in [6.07, 6.45) is 1.75. The molecule has 0 spiro atoms. The Hall–Kier alpha value is -3.11. The Bertz CT molecular complexity index is 1050. The van der Waals surface area contributed by atoms with Crippen LogP contribution in [0.4, 0.5) is 0 Å². The summed E-state index contributed by atoms with van der Waals surface area (Å²) in [4.78, 5) is 11.0. The minimum absolute atomic E-state index is 0.183. The van der Waals surface area contributed by atoms with Crippen molar-refractivity contribution in [2.45, 2.75) is 6.61 Å². The van der Waals surface area contributed by atoms with Crippen LogP contribution in [0.15, 0.2) is 72.8 Å². The number of rotatable bonds is 6. The van der Waals surface area contributed by atoms with Gasteiger partial charge in [0.05, 0.1) is 17.2 Å². The predicted octanol–water partition coefficient (Wildman–Crippen LogP) is 5.63. The highest BCUT2D eigenvalue weighted by Gasteiger charge is 2.07. The Labute approximate surface area is 176 Å². The van der Waals surface area contributed by atoms with Gasteiger partial charge in [0.15, 0.2) is 0 Å². The Morgan fingerprint density at radius 2 is 1.64 bits per heavy atom. The number of carbonyl (C=O) groups is 1. The molecule has 4 nitrogen and oxygen atoms in total. The summed E-state index contributed by atoms with van der Waals surface area (Å²) in [6, 6.07) is 24.0. The third-order valence-electron chi connectivity index (χ3n) is 4.09. The van der Waals surface area contributed by atoms with Crippen molar-refractivity contribution in [3.63, 3.8) is 0 Å². The maximum absolute atomic E-state index is 11.0. The van der Waals surface area contributed by atoms with Gasteiger partial charge in [0.2, 0.25) is 0 Å². The van der Waals surface area contributed by atoms with Crippen molar-refractivity contribution < 1.29 is 14.6 Å². The Morgan fingerprint density at radius 1 is 1.00 bits per heavy atom. The molecule has 0 radical (unpaired) electrons. The van der Waals surface area contributed by atoms with Crippen LogP contribution < -0.4 is 4.74 Å². The molecule has 0 aliphatic heterocycles. The number of nitrogens with zero attached hydrogens (tertiary/aromatic N) is 1. The fourth-order valence-corrected chi connectivity index (χ4v) is 2.96. The highest BCUT2D eigenvalue weighted by atomic mass is 127. The molecule has 3 rings (SSSR count). The van der Waals surface area contributed by atoms with Gasteiger partial charge in [-0.2, -0.15) is 5.26 Å². The number of benzene rings is 3. The summed E-state index contributed by atoms with van der Waals surface area (Å²) >= 11 is 2.26. The second-order valence-electron chi connectivity index (χ2n) is 6.01. The first-order valence-corrected chi connectivity index (χ1v) is 9.56. The van der Waals surface area contributed by atoms with Crippen molar-refractivity contribution in [3.05, 3.63) is 98.6 Å². The van der Waals surface area contributed by atoms with E-state index in [-0.39, 0.29) is 5.56 Å². The smallest absolute Gasteiger partial charge is 0.335 e. The Balaban J connectivity index is 1.84. The zero-order valence-corrected chi connectivity index (χ0v) is 17.0. The van der Waals surface area contributed by atoms with Gasteiger partial charge in [0.1, 0.15) is 12.4 Å². The molecule has 28 heavy (non-hydrogen) atoms. The third-order valence-corrected chi connectivity index (χ3v) is 4.81. The quantitative estimate of drug-likeness (QED) is 0.282. The first kappa shape index (κ1) is 19.6. The molecule has 0 aromatic heterocycles. The van der Waals surface area contributed by atoms with Crippen LogP contribution in [0.3, 0.4) is 0 Å². The van der Waals surface area contributed by atoms with Crippen molar-refractivity contribution in [1.29, 1.82) is 5.26 Å². The highest BCUT2D eigenvalue weighted by Crippen LogP contribution is 2.25. The molecule has 0 saturated heterocycles. The molecule has 138 valence electrons. The molecule has 0 fully saturated rings. The van der Waals surface area contributed by atoms with Crippen molar-refractivity contribution >= 4 is 40.2 Å². The van der Waals surface area contributed by atoms with Crippen LogP contribution in [0, 0.1) is 14.9 Å². The van der Waals surface area contributed by atoms with Crippen LogP contribution in [0.5, 0.6) is 5.75 Å². The molecule has 0 bridgehead atoms. The summed E-state index contributed by atoms with van der Waals surface area (Å²) in [5, 5.41) is 18.6. The third kappa shape index (κ3) is 4.99. The molecule has 0 unspecified atom stereocenters. The number of para-hydroxylation sites is 1. The summed E-state index contributed by atoms with van der Waals surface area (Å²) < 4.78 is 7.12. The van der Waals surface area contributed by atoms with Crippen LogP contribution in [0.2, 0.25) is 0 Å². The number of carboxylic acids is 1. The van der Waals surface area contributed by atoms with E-state index in [2.05, 4.69) is 28.7 Å². The number of hydrogen-bond acceptors (Lipinski definition) is 3. The fraction of sp³-hybridized carbons (Fsp3) is 0.0435. The average Bonchev–Trinajstić information content (AvgIpc) is 2.72. The minimum Gasteiger partial charge on any atom is -0.488 e. The highest BCUT2D eigenvalue weighted by molar-refractivity contribution is 14.1. The van der Waals surface area contributed by atoms with Crippen LogP contribution in [0.25, 0.3) is 11.6 Å². The molecule has 0 aliphatic rings. The van der Waals surface area contributed by atoms with Gasteiger partial charge < -0.3 is 9.84 Å².